The molecule has 0 aromatic heterocycles. The number of rotatable bonds is 7. The highest BCUT2D eigenvalue weighted by molar-refractivity contribution is 14.1. The van der Waals surface area contributed by atoms with Crippen LogP contribution in [0.3, 0.4) is 0 Å². The average molecular weight is 482 g/mol. The van der Waals surface area contributed by atoms with Crippen molar-refractivity contribution in [2.24, 2.45) is 5.92 Å². The second kappa shape index (κ2) is 8.84. The Morgan fingerprint density at radius 3 is 2.44 bits per heavy atom. The van der Waals surface area contributed by atoms with Gasteiger partial charge in [-0.25, -0.2) is 4.79 Å². The summed E-state index contributed by atoms with van der Waals surface area (Å²) < 4.78 is 5.93. The number of nitrogens with one attached hydrogen (secondary N) is 1. The maximum atomic E-state index is 12.3. The number of ketones is 1. The van der Waals surface area contributed by atoms with Crippen molar-refractivity contribution in [1.82, 2.24) is 0 Å². The summed E-state index contributed by atoms with van der Waals surface area (Å²) in [6, 6.07) is 3.82. The number of aliphatic carboxylic acids is 1. The fourth-order valence-corrected chi connectivity index (χ4v) is 2.56. The van der Waals surface area contributed by atoms with E-state index in [1.807, 2.05) is 22.6 Å². The highest BCUT2D eigenvalue weighted by Crippen LogP contribution is 2.24. The molecule has 1 aromatic rings. The van der Waals surface area contributed by atoms with Crippen molar-refractivity contribution in [1.29, 1.82) is 0 Å². The summed E-state index contributed by atoms with van der Waals surface area (Å²) in [7, 11) is 0. The van der Waals surface area contributed by atoms with Crippen LogP contribution >= 0.6 is 34.2 Å². The molecule has 1 rings (SSSR count). The highest BCUT2D eigenvalue weighted by Gasteiger charge is 2.31. The van der Waals surface area contributed by atoms with Gasteiger partial charge in [0.2, 0.25) is 0 Å². The van der Waals surface area contributed by atoms with Crippen molar-refractivity contribution >= 4 is 57.6 Å². The van der Waals surface area contributed by atoms with Crippen LogP contribution in [-0.2, 0) is 19.1 Å². The van der Waals surface area contributed by atoms with Crippen LogP contribution < -0.4 is 5.32 Å². The molecule has 2 unspecified atom stereocenters. The molecule has 25 heavy (non-hydrogen) atoms. The number of anilines is 1. The number of esters is 1. The van der Waals surface area contributed by atoms with Crippen molar-refractivity contribution in [2.75, 3.05) is 5.32 Å². The van der Waals surface area contributed by atoms with E-state index in [1.165, 1.54) is 6.92 Å². The summed E-state index contributed by atoms with van der Waals surface area (Å²) in [6.45, 7) is 6.51. The normalized spacial score (nSPS) is 13.7. The van der Waals surface area contributed by atoms with Crippen LogP contribution in [0.15, 0.2) is 18.2 Å². The van der Waals surface area contributed by atoms with E-state index >= 15 is 0 Å². The number of hydrogen-bond donors (Lipinski definition) is 2. The molecule has 0 fully saturated rings. The Hall–Kier alpha value is -1.35. The van der Waals surface area contributed by atoms with Crippen LogP contribution in [0, 0.1) is 9.49 Å². The lowest BCUT2D eigenvalue weighted by Gasteiger charge is -2.23. The molecule has 0 radical (unpaired) electrons. The van der Waals surface area contributed by atoms with Gasteiger partial charge in [0.05, 0.1) is 0 Å². The topological polar surface area (TPSA) is 92.7 Å². The van der Waals surface area contributed by atoms with E-state index in [4.69, 9.17) is 16.3 Å². The van der Waals surface area contributed by atoms with E-state index < -0.39 is 35.3 Å². The zero-order chi connectivity index (χ0) is 19.4. The first-order valence-corrected chi connectivity index (χ1v) is 9.06. The molecule has 2 N–H and O–H groups in total. The van der Waals surface area contributed by atoms with Gasteiger partial charge in [-0.15, -0.1) is 0 Å². The van der Waals surface area contributed by atoms with Crippen LogP contribution in [0.2, 0.25) is 5.02 Å². The van der Waals surface area contributed by atoms with Gasteiger partial charge in [-0.3, -0.25) is 9.59 Å². The van der Waals surface area contributed by atoms with Crippen molar-refractivity contribution in [3.8, 4) is 0 Å². The lowest BCUT2D eigenvalue weighted by Crippen LogP contribution is -2.37. The molecule has 0 saturated carbocycles. The first kappa shape index (κ1) is 21.7. The van der Waals surface area contributed by atoms with Crippen LogP contribution in [0.1, 0.15) is 34.1 Å². The Labute approximate surface area is 165 Å². The van der Waals surface area contributed by atoms with Gasteiger partial charge >= 0.3 is 11.9 Å². The summed E-state index contributed by atoms with van der Waals surface area (Å²) in [6.07, 6.45) is -0.349. The molecular weight excluding hydrogens is 461 g/mol. The number of halogens is 2. The van der Waals surface area contributed by atoms with Crippen LogP contribution in [0.4, 0.5) is 5.69 Å². The quantitative estimate of drug-likeness (QED) is 0.350. The summed E-state index contributed by atoms with van der Waals surface area (Å²) in [5.41, 5.74) is -0.203. The lowest BCUT2D eigenvalue weighted by atomic mass is 9.99. The standard InChI is InChI=1S/C17H21ClINO5/c1-9(16(24)25-17(2,3)4)14(21)8-13(15(22)23)20-12-7-10(18)5-6-11(12)19/h5-7,9,13,20H,8H2,1-4H3,(H,22,23). The van der Waals surface area contributed by atoms with E-state index in [-0.39, 0.29) is 6.42 Å². The minimum absolute atomic E-state index is 0.349. The molecule has 0 saturated heterocycles. The Morgan fingerprint density at radius 2 is 1.92 bits per heavy atom. The third-order valence-electron chi connectivity index (χ3n) is 3.20. The summed E-state index contributed by atoms with van der Waals surface area (Å²) in [5.74, 6) is -3.41. The molecule has 0 heterocycles. The van der Waals surface area contributed by atoms with Crippen molar-refractivity contribution < 1.29 is 24.2 Å². The largest absolute Gasteiger partial charge is 0.480 e. The van der Waals surface area contributed by atoms with Crippen LogP contribution in [0.5, 0.6) is 0 Å². The molecule has 138 valence electrons. The first-order valence-electron chi connectivity index (χ1n) is 7.60. The fourth-order valence-electron chi connectivity index (χ4n) is 1.90. The minimum atomic E-state index is -1.19. The molecule has 8 heteroatoms. The number of benzene rings is 1. The van der Waals surface area contributed by atoms with E-state index in [0.29, 0.717) is 10.7 Å². The van der Waals surface area contributed by atoms with Gasteiger partial charge in [0.15, 0.2) is 0 Å². The molecular formula is C17H21ClINO5. The summed E-state index contributed by atoms with van der Waals surface area (Å²) >= 11 is 7.95. The number of Topliss-reactive ketones (excluding diaryl/α,β-unsaturated/α-hetero) is 1. The molecule has 0 spiro atoms. The van der Waals surface area contributed by atoms with E-state index in [1.54, 1.807) is 39.0 Å². The minimum Gasteiger partial charge on any atom is -0.480 e. The molecule has 0 aliphatic heterocycles. The van der Waals surface area contributed by atoms with Gasteiger partial charge in [-0.05, 0) is 68.5 Å². The second-order valence-corrected chi connectivity index (χ2v) is 8.18. The molecule has 1 aromatic carbocycles. The Morgan fingerprint density at radius 1 is 1.32 bits per heavy atom. The zero-order valence-corrected chi connectivity index (χ0v) is 17.3. The molecule has 2 atom stereocenters. The van der Waals surface area contributed by atoms with E-state index in [9.17, 15) is 19.5 Å². The van der Waals surface area contributed by atoms with Gasteiger partial charge < -0.3 is 15.2 Å². The van der Waals surface area contributed by atoms with E-state index in [0.717, 1.165) is 3.57 Å². The third kappa shape index (κ3) is 7.19. The molecule has 0 aliphatic rings. The Balaban J connectivity index is 2.84. The average Bonchev–Trinajstić information content (AvgIpc) is 2.47. The fraction of sp³-hybridized carbons (Fsp3) is 0.471. The predicted molar refractivity (Wildman–Crippen MR) is 104 cm³/mol. The SMILES string of the molecule is CC(C(=O)CC(Nc1cc(Cl)ccc1I)C(=O)O)C(=O)OC(C)(C)C. The molecule has 0 amide bonds. The highest BCUT2D eigenvalue weighted by atomic mass is 127. The van der Waals surface area contributed by atoms with Crippen LogP contribution in [-0.4, -0.2) is 34.5 Å². The molecule has 0 bridgehead atoms. The Kier molecular flexibility index (Phi) is 7.67. The van der Waals surface area contributed by atoms with Gasteiger partial charge in [-0.2, -0.15) is 0 Å². The zero-order valence-electron chi connectivity index (χ0n) is 14.4. The third-order valence-corrected chi connectivity index (χ3v) is 4.38. The number of ether oxygens (including phenoxy) is 1. The van der Waals surface area contributed by atoms with Gasteiger partial charge in [0, 0.05) is 20.7 Å². The molecule has 6 nitrogen and oxygen atoms in total. The Bertz CT molecular complexity index is 671. The smallest absolute Gasteiger partial charge is 0.326 e. The number of carbonyl (C=O) groups is 3. The summed E-state index contributed by atoms with van der Waals surface area (Å²) in [5, 5.41) is 12.6. The van der Waals surface area contributed by atoms with Crippen molar-refractivity contribution in [3.05, 3.63) is 26.8 Å². The predicted octanol–water partition coefficient (Wildman–Crippen LogP) is 3.75. The molecule has 0 aliphatic carbocycles. The number of carboxylic acid groups (broad SMARTS) is 1. The van der Waals surface area contributed by atoms with Crippen molar-refractivity contribution in [2.45, 2.75) is 45.8 Å². The summed E-state index contributed by atoms with van der Waals surface area (Å²) in [4.78, 5) is 35.8. The maximum Gasteiger partial charge on any atom is 0.326 e. The number of carboxylic acids is 1. The first-order chi connectivity index (χ1) is 11.4. The van der Waals surface area contributed by atoms with Gasteiger partial charge in [0.1, 0.15) is 23.3 Å². The van der Waals surface area contributed by atoms with Gasteiger partial charge in [0.25, 0.3) is 0 Å². The van der Waals surface area contributed by atoms with E-state index in [2.05, 4.69) is 5.32 Å². The number of hydrogen-bond acceptors (Lipinski definition) is 5. The van der Waals surface area contributed by atoms with Crippen LogP contribution in [0.25, 0.3) is 0 Å². The second-order valence-electron chi connectivity index (χ2n) is 6.58. The number of carbonyl (C=O) groups excluding carboxylic acids is 2. The van der Waals surface area contributed by atoms with Gasteiger partial charge in [-0.1, -0.05) is 11.6 Å². The van der Waals surface area contributed by atoms with Crippen molar-refractivity contribution in [3.63, 3.8) is 0 Å². The lowest BCUT2D eigenvalue weighted by molar-refractivity contribution is -0.161. The maximum absolute atomic E-state index is 12.3. The monoisotopic (exact) mass is 481 g/mol.